The van der Waals surface area contributed by atoms with E-state index in [0.717, 1.165) is 24.9 Å². The van der Waals surface area contributed by atoms with E-state index in [1.165, 1.54) is 5.56 Å². The first-order valence-electron chi connectivity index (χ1n) is 8.77. The van der Waals surface area contributed by atoms with Crippen LogP contribution >= 0.6 is 0 Å². The van der Waals surface area contributed by atoms with Crippen LogP contribution in [0, 0.1) is 0 Å². The molecule has 24 heavy (non-hydrogen) atoms. The van der Waals surface area contributed by atoms with Crippen LogP contribution in [0.1, 0.15) is 38.2 Å². The van der Waals surface area contributed by atoms with Gasteiger partial charge in [0.25, 0.3) is 0 Å². The minimum absolute atomic E-state index is 0.0870. The number of hydrogen-bond acceptors (Lipinski definition) is 4. The number of nitrogens with zero attached hydrogens (tertiary/aromatic N) is 1. The Morgan fingerprint density at radius 1 is 1.21 bits per heavy atom. The van der Waals surface area contributed by atoms with Gasteiger partial charge >= 0.3 is 0 Å². The van der Waals surface area contributed by atoms with E-state index in [2.05, 4.69) is 29.2 Å². The fraction of sp³-hybridized carbons (Fsp3) is 0.556. The Morgan fingerprint density at radius 3 is 2.67 bits per heavy atom. The zero-order chi connectivity index (χ0) is 16.7. The van der Waals surface area contributed by atoms with Crippen molar-refractivity contribution in [3.05, 3.63) is 29.8 Å². The molecule has 1 spiro atoms. The van der Waals surface area contributed by atoms with E-state index in [4.69, 9.17) is 0 Å². The molecule has 2 unspecified atom stereocenters. The summed E-state index contributed by atoms with van der Waals surface area (Å²) in [6, 6.07) is 8.28. The zero-order valence-electron chi connectivity index (χ0n) is 14.0. The first-order valence-corrected chi connectivity index (χ1v) is 8.77. The molecular weight excluding hydrogens is 304 g/mol. The number of hydrogen-bond donors (Lipinski definition) is 3. The molecule has 0 radical (unpaired) electrons. The topological polar surface area (TPSA) is 73.5 Å². The monoisotopic (exact) mass is 328 g/mol. The summed E-state index contributed by atoms with van der Waals surface area (Å²) >= 11 is 0. The molecule has 0 aliphatic carbocycles. The molecule has 3 N–H and O–H groups in total. The number of para-hydroxylation sites is 1. The smallest absolute Gasteiger partial charge is 0.241 e. The Balaban J connectivity index is 1.50. The quantitative estimate of drug-likeness (QED) is 0.723. The van der Waals surface area contributed by atoms with Crippen molar-refractivity contribution in [2.24, 2.45) is 0 Å². The summed E-state index contributed by atoms with van der Waals surface area (Å²) in [4.78, 5) is 26.8. The van der Waals surface area contributed by atoms with E-state index in [0.29, 0.717) is 25.6 Å². The number of benzene rings is 1. The lowest BCUT2D eigenvalue weighted by molar-refractivity contribution is -0.135. The first kappa shape index (κ1) is 15.6. The van der Waals surface area contributed by atoms with Gasteiger partial charge in [0.1, 0.15) is 6.04 Å². The van der Waals surface area contributed by atoms with Crippen LogP contribution in [0.4, 0.5) is 5.69 Å². The summed E-state index contributed by atoms with van der Waals surface area (Å²) in [6.07, 6.45) is 3.04. The zero-order valence-corrected chi connectivity index (χ0v) is 14.0. The predicted molar refractivity (Wildman–Crippen MR) is 91.3 cm³/mol. The van der Waals surface area contributed by atoms with Gasteiger partial charge in [-0.1, -0.05) is 18.2 Å². The van der Waals surface area contributed by atoms with E-state index in [9.17, 15) is 9.59 Å². The molecular formula is C18H24N4O2. The van der Waals surface area contributed by atoms with Crippen LogP contribution in [0.2, 0.25) is 0 Å². The van der Waals surface area contributed by atoms with Crippen LogP contribution in [-0.4, -0.2) is 41.9 Å². The molecule has 3 heterocycles. The van der Waals surface area contributed by atoms with Gasteiger partial charge in [0, 0.05) is 36.7 Å². The Morgan fingerprint density at radius 2 is 1.96 bits per heavy atom. The molecule has 1 aromatic rings. The van der Waals surface area contributed by atoms with Gasteiger partial charge in [-0.15, -0.1) is 0 Å². The molecule has 0 bridgehead atoms. The Bertz CT molecular complexity index is 667. The number of piperidine rings is 1. The average Bonchev–Trinajstić information content (AvgIpc) is 3.01. The summed E-state index contributed by atoms with van der Waals surface area (Å²) in [5.41, 5.74) is 8.25. The van der Waals surface area contributed by atoms with E-state index >= 15 is 0 Å². The van der Waals surface area contributed by atoms with Crippen LogP contribution < -0.4 is 16.2 Å². The van der Waals surface area contributed by atoms with Crippen LogP contribution in [0.5, 0.6) is 0 Å². The molecule has 2 amide bonds. The van der Waals surface area contributed by atoms with Crippen LogP contribution in [0.25, 0.3) is 0 Å². The van der Waals surface area contributed by atoms with Crippen LogP contribution in [-0.2, 0) is 15.0 Å². The van der Waals surface area contributed by atoms with Gasteiger partial charge in [0.05, 0.1) is 0 Å². The highest BCUT2D eigenvalue weighted by molar-refractivity contribution is 5.95. The minimum Gasteiger partial charge on any atom is -0.341 e. The van der Waals surface area contributed by atoms with Crippen molar-refractivity contribution in [3.8, 4) is 0 Å². The van der Waals surface area contributed by atoms with Crippen LogP contribution in [0.15, 0.2) is 24.3 Å². The minimum atomic E-state index is -0.129. The molecule has 6 heteroatoms. The number of likely N-dealkylation sites (tertiary alicyclic amines) is 1. The van der Waals surface area contributed by atoms with Crippen molar-refractivity contribution in [2.75, 3.05) is 18.4 Å². The molecule has 128 valence electrons. The standard InChI is InChI=1S/C18H24N4O2/c1-12-10-15(21-20-12)17(24)22-8-6-18(7-9-22)11-16(23)19-14-5-3-2-4-13(14)18/h2-5,12,15,20-21H,6-11H2,1H3,(H,19,23). The summed E-state index contributed by atoms with van der Waals surface area (Å²) in [6.45, 7) is 3.50. The molecule has 0 aromatic heterocycles. The van der Waals surface area contributed by atoms with E-state index in [1.54, 1.807) is 0 Å². The van der Waals surface area contributed by atoms with Gasteiger partial charge in [-0.05, 0) is 37.8 Å². The molecule has 0 saturated carbocycles. The molecule has 4 rings (SSSR count). The molecule has 1 aromatic carbocycles. The van der Waals surface area contributed by atoms with Crippen molar-refractivity contribution in [3.63, 3.8) is 0 Å². The van der Waals surface area contributed by atoms with Crippen molar-refractivity contribution >= 4 is 17.5 Å². The van der Waals surface area contributed by atoms with Crippen molar-refractivity contribution in [1.82, 2.24) is 15.8 Å². The maximum atomic E-state index is 12.7. The molecule has 2 atom stereocenters. The lowest BCUT2D eigenvalue weighted by Gasteiger charge is -2.45. The normalized spacial score (nSPS) is 28.5. The Hall–Kier alpha value is -1.92. The number of carbonyl (C=O) groups is 2. The van der Waals surface area contributed by atoms with Crippen molar-refractivity contribution < 1.29 is 9.59 Å². The fourth-order valence-corrected chi connectivity index (χ4v) is 4.35. The van der Waals surface area contributed by atoms with Crippen molar-refractivity contribution in [2.45, 2.75) is 50.1 Å². The maximum Gasteiger partial charge on any atom is 0.241 e. The third kappa shape index (κ3) is 2.59. The lowest BCUT2D eigenvalue weighted by Crippen LogP contribution is -2.52. The average molecular weight is 328 g/mol. The second-order valence-electron chi connectivity index (χ2n) is 7.35. The Labute approximate surface area is 141 Å². The van der Waals surface area contributed by atoms with Crippen LogP contribution in [0.3, 0.4) is 0 Å². The second-order valence-corrected chi connectivity index (χ2v) is 7.35. The van der Waals surface area contributed by atoms with E-state index in [-0.39, 0.29) is 23.3 Å². The predicted octanol–water partition coefficient (Wildman–Crippen LogP) is 1.14. The maximum absolute atomic E-state index is 12.7. The summed E-state index contributed by atoms with van der Waals surface area (Å²) < 4.78 is 0. The fourth-order valence-electron chi connectivity index (χ4n) is 4.35. The molecule has 3 aliphatic heterocycles. The SMILES string of the molecule is CC1CC(C(=O)N2CCC3(CC2)CC(=O)Nc2ccccc23)NN1. The number of nitrogens with one attached hydrogen (secondary N) is 3. The second kappa shape index (κ2) is 5.86. The molecule has 2 fully saturated rings. The van der Waals surface area contributed by atoms with Gasteiger partial charge < -0.3 is 10.2 Å². The summed E-state index contributed by atoms with van der Waals surface area (Å²) in [5.74, 6) is 0.263. The van der Waals surface area contributed by atoms with Gasteiger partial charge in [0.2, 0.25) is 11.8 Å². The number of amides is 2. The third-order valence-corrected chi connectivity index (χ3v) is 5.69. The summed E-state index contributed by atoms with van der Waals surface area (Å²) in [5, 5.41) is 2.98. The number of rotatable bonds is 1. The highest BCUT2D eigenvalue weighted by Gasteiger charge is 2.44. The molecule has 3 aliphatic rings. The third-order valence-electron chi connectivity index (χ3n) is 5.69. The van der Waals surface area contributed by atoms with Gasteiger partial charge in [-0.3, -0.25) is 15.0 Å². The first-order chi connectivity index (χ1) is 11.6. The largest absolute Gasteiger partial charge is 0.341 e. The van der Waals surface area contributed by atoms with Gasteiger partial charge in [0.15, 0.2) is 0 Å². The highest BCUT2D eigenvalue weighted by Crippen LogP contribution is 2.44. The molecule has 6 nitrogen and oxygen atoms in total. The van der Waals surface area contributed by atoms with E-state index < -0.39 is 0 Å². The Kier molecular flexibility index (Phi) is 3.81. The lowest BCUT2D eigenvalue weighted by atomic mass is 9.68. The highest BCUT2D eigenvalue weighted by atomic mass is 16.2. The van der Waals surface area contributed by atoms with Gasteiger partial charge in [-0.25, -0.2) is 5.43 Å². The van der Waals surface area contributed by atoms with E-state index in [1.807, 2.05) is 23.1 Å². The number of carbonyl (C=O) groups excluding carboxylic acids is 2. The van der Waals surface area contributed by atoms with Gasteiger partial charge in [-0.2, -0.15) is 0 Å². The summed E-state index contributed by atoms with van der Waals surface area (Å²) in [7, 11) is 0. The number of fused-ring (bicyclic) bond motifs is 2. The van der Waals surface area contributed by atoms with Crippen molar-refractivity contribution in [1.29, 1.82) is 0 Å². The number of hydrazine groups is 1. The number of anilines is 1. The molecule has 2 saturated heterocycles.